The molecule has 1 heterocycles. The van der Waals surface area contributed by atoms with Crippen molar-refractivity contribution in [3.05, 3.63) is 0 Å². The maximum atomic E-state index is 11.6. The largest absolute Gasteiger partial charge is 0.444 e. The third kappa shape index (κ3) is 9.23. The first-order chi connectivity index (χ1) is 14.9. The molecule has 0 spiro atoms. The monoisotopic (exact) mass is 564 g/mol. The number of guanidine groups is 1. The number of nitrogens with one attached hydrogen (secondary N) is 2. The summed E-state index contributed by atoms with van der Waals surface area (Å²) in [6.45, 7) is 8.82. The van der Waals surface area contributed by atoms with E-state index in [0.717, 1.165) is 50.1 Å². The van der Waals surface area contributed by atoms with Gasteiger partial charge in [0.2, 0.25) is 0 Å². The van der Waals surface area contributed by atoms with Gasteiger partial charge in [0, 0.05) is 39.3 Å². The van der Waals surface area contributed by atoms with Crippen LogP contribution in [0.25, 0.3) is 0 Å². The molecule has 0 aromatic carbocycles. The van der Waals surface area contributed by atoms with Crippen LogP contribution in [0.4, 0.5) is 4.79 Å². The minimum atomic E-state index is -0.458. The zero-order chi connectivity index (χ0) is 22.3. The van der Waals surface area contributed by atoms with E-state index < -0.39 is 5.60 Å². The van der Waals surface area contributed by atoms with Crippen LogP contribution in [-0.4, -0.2) is 68.0 Å². The molecule has 2 aliphatic carbocycles. The van der Waals surface area contributed by atoms with E-state index in [1.165, 1.54) is 38.5 Å². The summed E-state index contributed by atoms with van der Waals surface area (Å²) >= 11 is 0. The first kappa shape index (κ1) is 27.5. The molecule has 1 aliphatic heterocycles. The van der Waals surface area contributed by atoms with Gasteiger partial charge in [-0.2, -0.15) is 0 Å². The third-order valence-corrected chi connectivity index (χ3v) is 6.71. The number of carbonyl (C=O) groups excluding carboxylic acids is 1. The number of piperidine rings is 1. The predicted octanol–water partition coefficient (Wildman–Crippen LogP) is 4.54. The molecule has 3 fully saturated rings. The Morgan fingerprint density at radius 3 is 2.41 bits per heavy atom. The fourth-order valence-electron chi connectivity index (χ4n) is 4.99. The standard InChI is InChI=1S/C24H44N4O3.HI/c1-24(2,3)31-23(29)26-13-8-16-30-19-11-14-28(15-12-19)22(25-4)27-21-17-20(21)18-9-6-5-7-10-18;/h18-21H,5-17H2,1-4H3,(H,25,27)(H,26,29);1H. The van der Waals surface area contributed by atoms with Gasteiger partial charge in [-0.1, -0.05) is 32.1 Å². The number of halogens is 1. The molecular formula is C24H45IN4O3. The lowest BCUT2D eigenvalue weighted by Crippen LogP contribution is -2.48. The number of likely N-dealkylation sites (tertiary alicyclic amines) is 1. The van der Waals surface area contributed by atoms with Gasteiger partial charge in [-0.15, -0.1) is 24.0 Å². The Morgan fingerprint density at radius 1 is 1.09 bits per heavy atom. The van der Waals surface area contributed by atoms with E-state index in [1.807, 2.05) is 27.8 Å². The van der Waals surface area contributed by atoms with E-state index in [0.29, 0.717) is 25.3 Å². The second-order valence-electron chi connectivity index (χ2n) is 10.4. The molecule has 2 saturated carbocycles. The molecule has 3 rings (SSSR count). The number of nitrogens with zero attached hydrogens (tertiary/aromatic N) is 2. The van der Waals surface area contributed by atoms with Crippen molar-refractivity contribution in [2.45, 2.75) is 96.3 Å². The molecule has 0 bridgehead atoms. The molecule has 0 aromatic rings. The molecule has 3 aliphatic rings. The highest BCUT2D eigenvalue weighted by atomic mass is 127. The fourth-order valence-corrected chi connectivity index (χ4v) is 4.99. The number of aliphatic imine (C=N–C) groups is 1. The van der Waals surface area contributed by atoms with Crippen LogP contribution in [-0.2, 0) is 9.47 Å². The van der Waals surface area contributed by atoms with Crippen molar-refractivity contribution in [3.8, 4) is 0 Å². The summed E-state index contributed by atoms with van der Waals surface area (Å²) in [5.74, 6) is 2.88. The molecule has 186 valence electrons. The molecule has 2 atom stereocenters. The highest BCUT2D eigenvalue weighted by molar-refractivity contribution is 14.0. The van der Waals surface area contributed by atoms with E-state index in [9.17, 15) is 4.79 Å². The topological polar surface area (TPSA) is 75.2 Å². The summed E-state index contributed by atoms with van der Waals surface area (Å²) in [5.41, 5.74) is -0.458. The second-order valence-corrected chi connectivity index (χ2v) is 10.4. The van der Waals surface area contributed by atoms with Crippen LogP contribution in [0.2, 0.25) is 0 Å². The Balaban J connectivity index is 0.00000363. The van der Waals surface area contributed by atoms with E-state index in [-0.39, 0.29) is 30.1 Å². The van der Waals surface area contributed by atoms with Gasteiger partial charge in [0.25, 0.3) is 0 Å². The van der Waals surface area contributed by atoms with Gasteiger partial charge in [-0.25, -0.2) is 4.79 Å². The summed E-state index contributed by atoms with van der Waals surface area (Å²) in [6, 6.07) is 0.633. The molecule has 32 heavy (non-hydrogen) atoms. The van der Waals surface area contributed by atoms with Crippen molar-refractivity contribution >= 4 is 36.0 Å². The number of carbonyl (C=O) groups is 1. The maximum Gasteiger partial charge on any atom is 0.407 e. The second kappa shape index (κ2) is 13.2. The normalized spacial score (nSPS) is 25.1. The Bertz CT molecular complexity index is 597. The van der Waals surface area contributed by atoms with Crippen molar-refractivity contribution in [2.24, 2.45) is 16.8 Å². The van der Waals surface area contributed by atoms with Crippen molar-refractivity contribution in [3.63, 3.8) is 0 Å². The van der Waals surface area contributed by atoms with Gasteiger partial charge >= 0.3 is 6.09 Å². The zero-order valence-corrected chi connectivity index (χ0v) is 22.9. The highest BCUT2D eigenvalue weighted by Gasteiger charge is 2.44. The number of ether oxygens (including phenoxy) is 2. The molecule has 1 saturated heterocycles. The number of hydrogen-bond donors (Lipinski definition) is 2. The molecule has 7 nitrogen and oxygen atoms in total. The maximum absolute atomic E-state index is 11.6. The van der Waals surface area contributed by atoms with E-state index in [1.54, 1.807) is 0 Å². The quantitative estimate of drug-likeness (QED) is 0.206. The lowest BCUT2D eigenvalue weighted by molar-refractivity contribution is 0.0170. The minimum absolute atomic E-state index is 0. The first-order valence-electron chi connectivity index (χ1n) is 12.4. The zero-order valence-electron chi connectivity index (χ0n) is 20.5. The summed E-state index contributed by atoms with van der Waals surface area (Å²) in [6.07, 6.45) is 11.2. The fraction of sp³-hybridized carbons (Fsp3) is 0.917. The Labute approximate surface area is 211 Å². The molecular weight excluding hydrogens is 519 g/mol. The average molecular weight is 565 g/mol. The van der Waals surface area contributed by atoms with Gasteiger partial charge < -0.3 is 25.0 Å². The lowest BCUT2D eigenvalue weighted by atomic mass is 9.85. The van der Waals surface area contributed by atoms with E-state index >= 15 is 0 Å². The minimum Gasteiger partial charge on any atom is -0.444 e. The predicted molar refractivity (Wildman–Crippen MR) is 140 cm³/mol. The Morgan fingerprint density at radius 2 is 1.78 bits per heavy atom. The molecule has 2 N–H and O–H groups in total. The number of hydrogen-bond acceptors (Lipinski definition) is 4. The smallest absolute Gasteiger partial charge is 0.407 e. The first-order valence-corrected chi connectivity index (χ1v) is 12.4. The van der Waals surface area contributed by atoms with Crippen LogP contribution < -0.4 is 10.6 Å². The van der Waals surface area contributed by atoms with Crippen molar-refractivity contribution in [2.75, 3.05) is 33.3 Å². The van der Waals surface area contributed by atoms with Crippen LogP contribution in [0.15, 0.2) is 4.99 Å². The lowest BCUT2D eigenvalue weighted by Gasteiger charge is -2.34. The molecule has 0 radical (unpaired) electrons. The number of rotatable bonds is 7. The molecule has 1 amide bonds. The highest BCUT2D eigenvalue weighted by Crippen LogP contribution is 2.44. The SMILES string of the molecule is CN=C(NC1CC1C1CCCCC1)N1CCC(OCCCNC(=O)OC(C)(C)C)CC1.I. The Kier molecular flexibility index (Phi) is 11.3. The summed E-state index contributed by atoms with van der Waals surface area (Å²) in [4.78, 5) is 18.6. The third-order valence-electron chi connectivity index (χ3n) is 6.71. The van der Waals surface area contributed by atoms with Crippen molar-refractivity contribution in [1.29, 1.82) is 0 Å². The van der Waals surface area contributed by atoms with Gasteiger partial charge in [-0.3, -0.25) is 4.99 Å². The Hall–Kier alpha value is -0.770. The van der Waals surface area contributed by atoms with Crippen LogP contribution in [0.5, 0.6) is 0 Å². The van der Waals surface area contributed by atoms with Crippen LogP contribution in [0.3, 0.4) is 0 Å². The van der Waals surface area contributed by atoms with Gasteiger partial charge in [0.15, 0.2) is 5.96 Å². The molecule has 0 aromatic heterocycles. The van der Waals surface area contributed by atoms with Crippen LogP contribution >= 0.6 is 24.0 Å². The van der Waals surface area contributed by atoms with E-state index in [4.69, 9.17) is 9.47 Å². The average Bonchev–Trinajstić information content (AvgIpc) is 3.51. The van der Waals surface area contributed by atoms with Crippen molar-refractivity contribution < 1.29 is 14.3 Å². The van der Waals surface area contributed by atoms with Crippen LogP contribution in [0.1, 0.15) is 78.6 Å². The van der Waals surface area contributed by atoms with E-state index in [2.05, 4.69) is 20.5 Å². The summed E-state index contributed by atoms with van der Waals surface area (Å²) in [7, 11) is 1.90. The van der Waals surface area contributed by atoms with Gasteiger partial charge in [0.1, 0.15) is 5.60 Å². The molecule has 8 heteroatoms. The van der Waals surface area contributed by atoms with Gasteiger partial charge in [-0.05, 0) is 58.3 Å². The van der Waals surface area contributed by atoms with Gasteiger partial charge in [0.05, 0.1) is 6.10 Å². The number of alkyl carbamates (subject to hydrolysis) is 1. The molecule has 2 unspecified atom stereocenters. The number of amides is 1. The van der Waals surface area contributed by atoms with Crippen LogP contribution in [0, 0.1) is 11.8 Å². The summed E-state index contributed by atoms with van der Waals surface area (Å²) in [5, 5.41) is 6.53. The van der Waals surface area contributed by atoms with Crippen molar-refractivity contribution in [1.82, 2.24) is 15.5 Å². The summed E-state index contributed by atoms with van der Waals surface area (Å²) < 4.78 is 11.3.